The molecule has 100 valence electrons. The summed E-state index contributed by atoms with van der Waals surface area (Å²) in [6.07, 6.45) is 3.68. The molecule has 1 heterocycles. The fourth-order valence-electron chi connectivity index (χ4n) is 3.29. The highest BCUT2D eigenvalue weighted by atomic mass is 16.6. The molecule has 3 rings (SSSR count). The van der Waals surface area contributed by atoms with E-state index in [0.29, 0.717) is 18.2 Å². The third-order valence-corrected chi connectivity index (χ3v) is 4.25. The minimum Gasteiger partial charge on any atom is -0.293 e. The monoisotopic (exact) mass is 260 g/mol. The fourth-order valence-corrected chi connectivity index (χ4v) is 3.29. The Morgan fingerprint density at radius 1 is 1.42 bits per heavy atom. The number of nitro groups is 1. The summed E-state index contributed by atoms with van der Waals surface area (Å²) in [7, 11) is 0. The number of rotatable bonds is 4. The van der Waals surface area contributed by atoms with Crippen LogP contribution in [-0.2, 0) is 0 Å². The number of piperidine rings is 1. The molecule has 1 saturated carbocycles. The van der Waals surface area contributed by atoms with Crippen molar-refractivity contribution in [2.24, 2.45) is 5.92 Å². The number of nitro benzene ring substituents is 1. The lowest BCUT2D eigenvalue weighted by Gasteiger charge is -2.25. The Hall–Kier alpha value is -1.75. The second-order valence-corrected chi connectivity index (χ2v) is 5.49. The average molecular weight is 260 g/mol. The summed E-state index contributed by atoms with van der Waals surface area (Å²) >= 11 is 0. The van der Waals surface area contributed by atoms with Gasteiger partial charge < -0.3 is 0 Å². The molecule has 2 aliphatic rings. The van der Waals surface area contributed by atoms with Crippen molar-refractivity contribution >= 4 is 11.5 Å². The van der Waals surface area contributed by atoms with Gasteiger partial charge in [-0.3, -0.25) is 19.8 Å². The van der Waals surface area contributed by atoms with Crippen LogP contribution in [0.25, 0.3) is 0 Å². The Bertz CT molecular complexity index is 529. The van der Waals surface area contributed by atoms with Gasteiger partial charge in [-0.15, -0.1) is 0 Å². The van der Waals surface area contributed by atoms with Crippen LogP contribution < -0.4 is 0 Å². The average Bonchev–Trinajstić information content (AvgIpc) is 3.01. The molecule has 2 fully saturated rings. The van der Waals surface area contributed by atoms with Gasteiger partial charge in [0.1, 0.15) is 0 Å². The Kier molecular flexibility index (Phi) is 3.06. The van der Waals surface area contributed by atoms with Crippen molar-refractivity contribution < 1.29 is 9.72 Å². The Morgan fingerprint density at radius 3 is 2.89 bits per heavy atom. The number of benzene rings is 1. The highest BCUT2D eigenvalue weighted by Gasteiger charge is 2.38. The lowest BCUT2D eigenvalue weighted by Crippen LogP contribution is -2.36. The highest BCUT2D eigenvalue weighted by Crippen LogP contribution is 2.37. The van der Waals surface area contributed by atoms with Crippen molar-refractivity contribution in [3.8, 4) is 0 Å². The molecular weight excluding hydrogens is 244 g/mol. The van der Waals surface area contributed by atoms with Crippen LogP contribution >= 0.6 is 0 Å². The van der Waals surface area contributed by atoms with Gasteiger partial charge in [0.15, 0.2) is 5.78 Å². The van der Waals surface area contributed by atoms with Crippen LogP contribution in [0.15, 0.2) is 24.3 Å². The number of likely N-dealkylation sites (tertiary alicyclic amines) is 1. The van der Waals surface area contributed by atoms with E-state index >= 15 is 0 Å². The summed E-state index contributed by atoms with van der Waals surface area (Å²) in [6, 6.07) is 6.56. The predicted octanol–water partition coefficient (Wildman–Crippen LogP) is 2.26. The minimum atomic E-state index is -0.464. The first-order chi connectivity index (χ1) is 9.13. The smallest absolute Gasteiger partial charge is 0.270 e. The Balaban J connectivity index is 1.70. The first-order valence-electron chi connectivity index (χ1n) is 6.65. The number of carbonyl (C=O) groups excluding carboxylic acids is 1. The number of nitrogens with zero attached hydrogens (tertiary/aromatic N) is 2. The van der Waals surface area contributed by atoms with Crippen LogP contribution in [0, 0.1) is 16.0 Å². The number of hydrogen-bond acceptors (Lipinski definition) is 4. The molecule has 5 heteroatoms. The standard InChI is InChI=1S/C14H16N2O3/c17-14(9-15-8-10-4-5-12(15)6-10)11-2-1-3-13(7-11)16(18)19/h1-3,7,10,12H,4-6,8-9H2. The van der Waals surface area contributed by atoms with Gasteiger partial charge in [-0.2, -0.15) is 0 Å². The molecule has 2 bridgehead atoms. The lowest BCUT2D eigenvalue weighted by molar-refractivity contribution is -0.384. The van der Waals surface area contributed by atoms with E-state index in [4.69, 9.17) is 0 Å². The van der Waals surface area contributed by atoms with Crippen molar-refractivity contribution in [2.75, 3.05) is 13.1 Å². The minimum absolute atomic E-state index is 0.0174. The summed E-state index contributed by atoms with van der Waals surface area (Å²) in [5.74, 6) is 0.735. The topological polar surface area (TPSA) is 63.5 Å². The van der Waals surface area contributed by atoms with Gasteiger partial charge in [-0.1, -0.05) is 12.1 Å². The van der Waals surface area contributed by atoms with Gasteiger partial charge in [-0.25, -0.2) is 0 Å². The number of non-ortho nitro benzene ring substituents is 1. The first-order valence-corrected chi connectivity index (χ1v) is 6.65. The number of ketones is 1. The molecule has 0 N–H and O–H groups in total. The highest BCUT2D eigenvalue weighted by molar-refractivity contribution is 5.98. The molecule has 0 amide bonds. The first kappa shape index (κ1) is 12.3. The molecule has 0 radical (unpaired) electrons. The lowest BCUT2D eigenvalue weighted by atomic mass is 10.1. The van der Waals surface area contributed by atoms with Gasteiger partial charge >= 0.3 is 0 Å². The molecule has 0 spiro atoms. The maximum Gasteiger partial charge on any atom is 0.270 e. The van der Waals surface area contributed by atoms with Crippen LogP contribution in [-0.4, -0.2) is 34.7 Å². The number of carbonyl (C=O) groups is 1. The van der Waals surface area contributed by atoms with Gasteiger partial charge in [0.2, 0.25) is 0 Å². The van der Waals surface area contributed by atoms with E-state index in [-0.39, 0.29) is 11.5 Å². The van der Waals surface area contributed by atoms with E-state index in [0.717, 1.165) is 12.5 Å². The molecule has 5 nitrogen and oxygen atoms in total. The fraction of sp³-hybridized carbons (Fsp3) is 0.500. The van der Waals surface area contributed by atoms with Gasteiger partial charge in [-0.05, 0) is 25.2 Å². The molecule has 1 aliphatic carbocycles. The molecule has 2 atom stereocenters. The van der Waals surface area contributed by atoms with Gasteiger partial charge in [0.05, 0.1) is 11.5 Å². The summed E-state index contributed by atoms with van der Waals surface area (Å²) in [5.41, 5.74) is 0.422. The summed E-state index contributed by atoms with van der Waals surface area (Å²) in [5, 5.41) is 10.7. The van der Waals surface area contributed by atoms with Crippen LogP contribution in [0.5, 0.6) is 0 Å². The predicted molar refractivity (Wildman–Crippen MR) is 70.1 cm³/mol. The molecule has 1 aromatic carbocycles. The van der Waals surface area contributed by atoms with E-state index in [2.05, 4.69) is 4.90 Å². The zero-order valence-electron chi connectivity index (χ0n) is 10.6. The van der Waals surface area contributed by atoms with Crippen LogP contribution in [0.4, 0.5) is 5.69 Å². The third-order valence-electron chi connectivity index (χ3n) is 4.25. The second-order valence-electron chi connectivity index (χ2n) is 5.49. The maximum atomic E-state index is 12.2. The van der Waals surface area contributed by atoms with Crippen molar-refractivity contribution in [1.82, 2.24) is 4.90 Å². The molecule has 19 heavy (non-hydrogen) atoms. The largest absolute Gasteiger partial charge is 0.293 e. The SMILES string of the molecule is O=C(CN1CC2CCC1C2)c1cccc([N+](=O)[O-])c1. The Labute approximate surface area is 111 Å². The number of Topliss-reactive ketones (excluding diaryl/α,β-unsaturated/α-hetero) is 1. The number of fused-ring (bicyclic) bond motifs is 2. The Morgan fingerprint density at radius 2 is 2.26 bits per heavy atom. The summed E-state index contributed by atoms with van der Waals surface area (Å²) < 4.78 is 0. The van der Waals surface area contributed by atoms with Crippen LogP contribution in [0.2, 0.25) is 0 Å². The van der Waals surface area contributed by atoms with E-state index < -0.39 is 4.92 Å². The van der Waals surface area contributed by atoms with E-state index in [1.54, 1.807) is 12.1 Å². The zero-order valence-corrected chi connectivity index (χ0v) is 10.6. The summed E-state index contributed by atoms with van der Waals surface area (Å²) in [6.45, 7) is 1.40. The van der Waals surface area contributed by atoms with Crippen molar-refractivity contribution in [2.45, 2.75) is 25.3 Å². The zero-order chi connectivity index (χ0) is 13.4. The molecule has 1 saturated heterocycles. The molecular formula is C14H16N2O3. The van der Waals surface area contributed by atoms with Crippen molar-refractivity contribution in [1.29, 1.82) is 0 Å². The van der Waals surface area contributed by atoms with Crippen molar-refractivity contribution in [3.63, 3.8) is 0 Å². The van der Waals surface area contributed by atoms with E-state index in [9.17, 15) is 14.9 Å². The second kappa shape index (κ2) is 4.74. The van der Waals surface area contributed by atoms with Crippen LogP contribution in [0.3, 0.4) is 0 Å². The summed E-state index contributed by atoms with van der Waals surface area (Å²) in [4.78, 5) is 24.7. The van der Waals surface area contributed by atoms with E-state index in [1.165, 1.54) is 31.4 Å². The molecule has 2 unspecified atom stereocenters. The third kappa shape index (κ3) is 2.38. The molecule has 1 aromatic rings. The van der Waals surface area contributed by atoms with E-state index in [1.807, 2.05) is 0 Å². The van der Waals surface area contributed by atoms with Crippen molar-refractivity contribution in [3.05, 3.63) is 39.9 Å². The van der Waals surface area contributed by atoms with Gasteiger partial charge in [0, 0.05) is 30.3 Å². The quantitative estimate of drug-likeness (QED) is 0.473. The normalized spacial score (nSPS) is 25.7. The van der Waals surface area contributed by atoms with Gasteiger partial charge in [0.25, 0.3) is 5.69 Å². The molecule has 1 aliphatic heterocycles. The van der Waals surface area contributed by atoms with Crippen LogP contribution in [0.1, 0.15) is 29.6 Å². The maximum absolute atomic E-state index is 12.2. The molecule has 0 aromatic heterocycles. The number of hydrogen-bond donors (Lipinski definition) is 0.